The van der Waals surface area contributed by atoms with Crippen LogP contribution in [0.15, 0.2) is 42.5 Å². The average Bonchev–Trinajstić information content (AvgIpc) is 2.48. The Kier molecular flexibility index (Phi) is 2.85. The average molecular weight is 259 g/mol. The molecule has 0 aliphatic carbocycles. The molecule has 0 radical (unpaired) electrons. The molecular formula is C17H13N3. The van der Waals surface area contributed by atoms with Gasteiger partial charge in [0.25, 0.3) is 0 Å². The second-order valence-corrected chi connectivity index (χ2v) is 4.62. The van der Waals surface area contributed by atoms with Gasteiger partial charge >= 0.3 is 0 Å². The molecule has 3 rings (SSSR count). The lowest BCUT2D eigenvalue weighted by atomic mass is 10.0. The van der Waals surface area contributed by atoms with Crippen molar-refractivity contribution in [3.63, 3.8) is 0 Å². The van der Waals surface area contributed by atoms with Crippen molar-refractivity contribution in [2.75, 3.05) is 5.73 Å². The number of para-hydroxylation sites is 1. The molecule has 0 fully saturated rings. The minimum absolute atomic E-state index is 0.483. The van der Waals surface area contributed by atoms with Crippen LogP contribution in [0.4, 0.5) is 5.82 Å². The van der Waals surface area contributed by atoms with E-state index in [4.69, 9.17) is 12.2 Å². The summed E-state index contributed by atoms with van der Waals surface area (Å²) >= 11 is 0. The molecule has 1 aromatic heterocycles. The Morgan fingerprint density at radius 2 is 1.90 bits per heavy atom. The van der Waals surface area contributed by atoms with Crippen LogP contribution in [-0.4, -0.2) is 9.97 Å². The van der Waals surface area contributed by atoms with Crippen molar-refractivity contribution in [3.05, 3.63) is 53.6 Å². The maximum atomic E-state index is 6.02. The highest BCUT2D eigenvalue weighted by Crippen LogP contribution is 2.25. The Bertz CT molecular complexity index is 844. The summed E-state index contributed by atoms with van der Waals surface area (Å²) in [6, 6.07) is 13.5. The van der Waals surface area contributed by atoms with E-state index < -0.39 is 0 Å². The maximum Gasteiger partial charge on any atom is 0.162 e. The predicted molar refractivity (Wildman–Crippen MR) is 82.1 cm³/mol. The summed E-state index contributed by atoms with van der Waals surface area (Å²) in [6.07, 6.45) is 5.45. The molecule has 0 aliphatic heterocycles. The number of nitrogens with two attached hydrogens (primary N) is 1. The summed E-state index contributed by atoms with van der Waals surface area (Å²) in [4.78, 5) is 8.99. The highest BCUT2D eigenvalue weighted by molar-refractivity contribution is 5.89. The summed E-state index contributed by atoms with van der Waals surface area (Å²) in [6.45, 7) is 2.00. The van der Waals surface area contributed by atoms with Gasteiger partial charge in [0.2, 0.25) is 0 Å². The lowest BCUT2D eigenvalue weighted by molar-refractivity contribution is 1.22. The molecule has 0 atom stereocenters. The van der Waals surface area contributed by atoms with Crippen LogP contribution < -0.4 is 5.73 Å². The van der Waals surface area contributed by atoms with Crippen molar-refractivity contribution in [1.29, 1.82) is 0 Å². The minimum atomic E-state index is 0.483. The molecule has 3 nitrogen and oxygen atoms in total. The number of rotatable bonds is 1. The molecule has 0 amide bonds. The number of anilines is 1. The van der Waals surface area contributed by atoms with E-state index in [1.807, 2.05) is 49.4 Å². The Morgan fingerprint density at radius 1 is 1.10 bits per heavy atom. The zero-order valence-corrected chi connectivity index (χ0v) is 11.1. The number of nitrogen functional groups attached to an aromatic ring is 1. The van der Waals surface area contributed by atoms with Crippen LogP contribution in [0.1, 0.15) is 11.1 Å². The molecule has 0 saturated heterocycles. The molecule has 2 N–H and O–H groups in total. The quantitative estimate of drug-likeness (QED) is 0.683. The van der Waals surface area contributed by atoms with Gasteiger partial charge in [-0.15, -0.1) is 6.42 Å². The van der Waals surface area contributed by atoms with Gasteiger partial charge in [-0.1, -0.05) is 24.1 Å². The molecule has 0 unspecified atom stereocenters. The Hall–Kier alpha value is -2.86. The fourth-order valence-electron chi connectivity index (χ4n) is 2.17. The van der Waals surface area contributed by atoms with E-state index in [1.165, 1.54) is 0 Å². The van der Waals surface area contributed by atoms with Crippen molar-refractivity contribution in [2.45, 2.75) is 6.92 Å². The van der Waals surface area contributed by atoms with Gasteiger partial charge in [-0.05, 0) is 36.8 Å². The van der Waals surface area contributed by atoms with Crippen molar-refractivity contribution >= 4 is 16.7 Å². The van der Waals surface area contributed by atoms with E-state index >= 15 is 0 Å². The van der Waals surface area contributed by atoms with Gasteiger partial charge in [-0.2, -0.15) is 0 Å². The molecule has 0 bridgehead atoms. The Morgan fingerprint density at radius 3 is 2.70 bits per heavy atom. The number of aryl methyl sites for hydroxylation is 1. The van der Waals surface area contributed by atoms with Gasteiger partial charge < -0.3 is 5.73 Å². The van der Waals surface area contributed by atoms with E-state index in [9.17, 15) is 0 Å². The molecule has 96 valence electrons. The molecule has 20 heavy (non-hydrogen) atoms. The zero-order valence-electron chi connectivity index (χ0n) is 11.1. The first-order chi connectivity index (χ1) is 9.69. The predicted octanol–water partition coefficient (Wildman–Crippen LogP) is 3.17. The molecule has 0 aliphatic rings. The van der Waals surface area contributed by atoms with E-state index in [-0.39, 0.29) is 0 Å². The highest BCUT2D eigenvalue weighted by atomic mass is 14.9. The van der Waals surface area contributed by atoms with E-state index in [2.05, 4.69) is 15.9 Å². The first-order valence-corrected chi connectivity index (χ1v) is 6.29. The smallest absolute Gasteiger partial charge is 0.162 e. The van der Waals surface area contributed by atoms with Gasteiger partial charge in [0.1, 0.15) is 5.82 Å². The number of hydrogen-bond donors (Lipinski definition) is 1. The fraction of sp³-hybridized carbons (Fsp3) is 0.0588. The maximum absolute atomic E-state index is 6.02. The summed E-state index contributed by atoms with van der Waals surface area (Å²) < 4.78 is 0. The fourth-order valence-corrected chi connectivity index (χ4v) is 2.17. The molecule has 2 aromatic carbocycles. The Balaban J connectivity index is 2.28. The SMILES string of the molecule is C#Cc1ccc(C)c(-c2nc(N)c3ccccc3n2)c1. The first kappa shape index (κ1) is 12.2. The third kappa shape index (κ3) is 1.98. The standard InChI is InChI=1S/C17H13N3/c1-3-12-9-8-11(2)14(10-12)17-19-15-7-5-4-6-13(15)16(18)20-17/h1,4-10H,2H3,(H2,18,19,20). The molecule has 3 aromatic rings. The van der Waals surface area contributed by atoms with Gasteiger partial charge in [0, 0.05) is 16.5 Å². The largest absolute Gasteiger partial charge is 0.383 e. The third-order valence-electron chi connectivity index (χ3n) is 3.28. The van der Waals surface area contributed by atoms with Crippen LogP contribution in [-0.2, 0) is 0 Å². The van der Waals surface area contributed by atoms with Gasteiger partial charge in [0.15, 0.2) is 5.82 Å². The lowest BCUT2D eigenvalue weighted by Crippen LogP contribution is -1.99. The van der Waals surface area contributed by atoms with E-state index in [0.29, 0.717) is 11.6 Å². The first-order valence-electron chi connectivity index (χ1n) is 6.29. The second kappa shape index (κ2) is 4.67. The number of fused-ring (bicyclic) bond motifs is 1. The topological polar surface area (TPSA) is 51.8 Å². The summed E-state index contributed by atoms with van der Waals surface area (Å²) in [5, 5.41) is 0.863. The van der Waals surface area contributed by atoms with Crippen LogP contribution >= 0.6 is 0 Å². The number of hydrogen-bond acceptors (Lipinski definition) is 3. The van der Waals surface area contributed by atoms with Crippen molar-refractivity contribution in [3.8, 4) is 23.7 Å². The highest BCUT2D eigenvalue weighted by Gasteiger charge is 2.09. The van der Waals surface area contributed by atoms with Crippen LogP contribution in [0.3, 0.4) is 0 Å². The van der Waals surface area contributed by atoms with Gasteiger partial charge in [-0.3, -0.25) is 0 Å². The molecule has 0 spiro atoms. The minimum Gasteiger partial charge on any atom is -0.383 e. The molecule has 3 heteroatoms. The number of benzene rings is 2. The summed E-state index contributed by atoms with van der Waals surface area (Å²) in [7, 11) is 0. The van der Waals surface area contributed by atoms with Crippen molar-refractivity contribution in [2.24, 2.45) is 0 Å². The van der Waals surface area contributed by atoms with E-state index in [0.717, 1.165) is 27.6 Å². The third-order valence-corrected chi connectivity index (χ3v) is 3.28. The normalized spacial score (nSPS) is 10.4. The monoisotopic (exact) mass is 259 g/mol. The van der Waals surface area contributed by atoms with E-state index in [1.54, 1.807) is 0 Å². The second-order valence-electron chi connectivity index (χ2n) is 4.62. The van der Waals surface area contributed by atoms with Crippen LogP contribution in [0.5, 0.6) is 0 Å². The van der Waals surface area contributed by atoms with Gasteiger partial charge in [0.05, 0.1) is 5.52 Å². The van der Waals surface area contributed by atoms with Gasteiger partial charge in [-0.25, -0.2) is 9.97 Å². The number of aromatic nitrogens is 2. The molecular weight excluding hydrogens is 246 g/mol. The molecule has 1 heterocycles. The lowest BCUT2D eigenvalue weighted by Gasteiger charge is -2.08. The van der Waals surface area contributed by atoms with Crippen LogP contribution in [0.25, 0.3) is 22.3 Å². The number of terminal acetylenes is 1. The van der Waals surface area contributed by atoms with Crippen LogP contribution in [0.2, 0.25) is 0 Å². The van der Waals surface area contributed by atoms with Crippen LogP contribution in [0, 0.1) is 19.3 Å². The number of nitrogens with zero attached hydrogens (tertiary/aromatic N) is 2. The molecule has 0 saturated carbocycles. The summed E-state index contributed by atoms with van der Waals surface area (Å²) in [5.74, 6) is 3.72. The van der Waals surface area contributed by atoms with Crippen molar-refractivity contribution in [1.82, 2.24) is 9.97 Å². The summed E-state index contributed by atoms with van der Waals surface area (Å²) in [5.41, 5.74) is 9.65. The van der Waals surface area contributed by atoms with Crippen molar-refractivity contribution < 1.29 is 0 Å². The zero-order chi connectivity index (χ0) is 14.1. The Labute approximate surface area is 117 Å².